The van der Waals surface area contributed by atoms with Crippen molar-refractivity contribution in [3.8, 4) is 0 Å². The van der Waals surface area contributed by atoms with Crippen molar-refractivity contribution in [3.63, 3.8) is 0 Å². The molecule has 1 aliphatic carbocycles. The molecule has 0 spiro atoms. The third-order valence-electron chi connectivity index (χ3n) is 3.05. The number of carbonyl (C=O) groups is 2. The van der Waals surface area contributed by atoms with Crippen molar-refractivity contribution in [1.82, 2.24) is 4.90 Å². The average Bonchev–Trinajstić information content (AvgIpc) is 2.44. The number of hydrogen-bond donors (Lipinski definition) is 1. The summed E-state index contributed by atoms with van der Waals surface area (Å²) in [5.41, 5.74) is 0. The Balaban J connectivity index is 2.17. The van der Waals surface area contributed by atoms with E-state index in [4.69, 9.17) is 0 Å². The molecule has 1 saturated heterocycles. The Kier molecular flexibility index (Phi) is 2.61. The zero-order valence-electron chi connectivity index (χ0n) is 8.72. The lowest BCUT2D eigenvalue weighted by molar-refractivity contribution is -0.141. The number of rotatable bonds is 2. The quantitative estimate of drug-likeness (QED) is 0.526. The molecule has 1 N–H and O–H groups in total. The second-order valence-corrected chi connectivity index (χ2v) is 4.29. The minimum absolute atomic E-state index is 0.116. The summed E-state index contributed by atoms with van der Waals surface area (Å²) in [6.07, 6.45) is 4.58. The molecule has 0 aromatic rings. The van der Waals surface area contributed by atoms with Crippen molar-refractivity contribution in [2.45, 2.75) is 25.9 Å². The summed E-state index contributed by atoms with van der Waals surface area (Å²) in [4.78, 5) is 24.9. The van der Waals surface area contributed by atoms with Gasteiger partial charge in [-0.3, -0.25) is 14.5 Å². The Labute approximate surface area is 88.6 Å². The van der Waals surface area contributed by atoms with Crippen molar-refractivity contribution in [1.29, 1.82) is 0 Å². The highest BCUT2D eigenvalue weighted by Crippen LogP contribution is 2.34. The summed E-state index contributed by atoms with van der Waals surface area (Å²) in [5, 5.41) is 9.22. The van der Waals surface area contributed by atoms with Gasteiger partial charge in [-0.2, -0.15) is 0 Å². The van der Waals surface area contributed by atoms with Crippen LogP contribution in [-0.4, -0.2) is 34.5 Å². The molecule has 1 heterocycles. The van der Waals surface area contributed by atoms with Crippen LogP contribution in [0.2, 0.25) is 0 Å². The lowest BCUT2D eigenvalue weighted by Gasteiger charge is -2.16. The molecule has 3 atom stereocenters. The minimum Gasteiger partial charge on any atom is -0.392 e. The lowest BCUT2D eigenvalue weighted by Crippen LogP contribution is -2.36. The third kappa shape index (κ3) is 1.69. The van der Waals surface area contributed by atoms with Gasteiger partial charge in [0.1, 0.15) is 0 Å². The predicted molar refractivity (Wildman–Crippen MR) is 53.8 cm³/mol. The standard InChI is InChI=1S/C11H15NO3/c1-7(13)6-12-10(14)8-4-2-3-5-9(8)11(12)15/h2-3,7-9,13H,4-6H2,1H3/t7-,8-,9+/m0/s1. The van der Waals surface area contributed by atoms with E-state index in [1.54, 1.807) is 6.92 Å². The number of aliphatic hydroxyl groups is 1. The summed E-state index contributed by atoms with van der Waals surface area (Å²) < 4.78 is 0. The largest absolute Gasteiger partial charge is 0.392 e. The molecule has 1 aliphatic heterocycles. The van der Waals surface area contributed by atoms with E-state index in [-0.39, 0.29) is 30.2 Å². The maximum absolute atomic E-state index is 11.8. The molecule has 0 saturated carbocycles. The van der Waals surface area contributed by atoms with Gasteiger partial charge in [0, 0.05) is 0 Å². The fourth-order valence-electron chi connectivity index (χ4n) is 2.31. The molecule has 0 bridgehead atoms. The summed E-state index contributed by atoms with van der Waals surface area (Å²) in [6.45, 7) is 1.71. The number of β-amino-alcohol motifs (C(OH)–C–C–N with tert-alkyl or cyclic N) is 1. The van der Waals surface area contributed by atoms with Gasteiger partial charge in [0.25, 0.3) is 0 Å². The second kappa shape index (κ2) is 3.77. The van der Waals surface area contributed by atoms with Crippen LogP contribution in [0.15, 0.2) is 12.2 Å². The number of likely N-dealkylation sites (tertiary alicyclic amines) is 1. The molecule has 82 valence electrons. The van der Waals surface area contributed by atoms with Crippen LogP contribution >= 0.6 is 0 Å². The molecular weight excluding hydrogens is 194 g/mol. The Morgan fingerprint density at radius 2 is 1.80 bits per heavy atom. The molecule has 0 radical (unpaired) electrons. The van der Waals surface area contributed by atoms with Crippen LogP contribution in [0.5, 0.6) is 0 Å². The first-order valence-electron chi connectivity index (χ1n) is 5.29. The van der Waals surface area contributed by atoms with Gasteiger partial charge in [-0.1, -0.05) is 12.2 Å². The molecule has 2 aliphatic rings. The number of fused-ring (bicyclic) bond motifs is 1. The average molecular weight is 209 g/mol. The van der Waals surface area contributed by atoms with E-state index in [0.29, 0.717) is 12.8 Å². The second-order valence-electron chi connectivity index (χ2n) is 4.29. The van der Waals surface area contributed by atoms with Crippen LogP contribution in [0.1, 0.15) is 19.8 Å². The molecule has 0 unspecified atom stereocenters. The van der Waals surface area contributed by atoms with Gasteiger partial charge in [-0.15, -0.1) is 0 Å². The number of hydrogen-bond acceptors (Lipinski definition) is 3. The third-order valence-corrected chi connectivity index (χ3v) is 3.05. The highest BCUT2D eigenvalue weighted by Gasteiger charge is 2.47. The first kappa shape index (κ1) is 10.4. The van der Waals surface area contributed by atoms with Gasteiger partial charge in [-0.05, 0) is 19.8 Å². The van der Waals surface area contributed by atoms with Gasteiger partial charge < -0.3 is 5.11 Å². The van der Waals surface area contributed by atoms with E-state index in [9.17, 15) is 14.7 Å². The minimum atomic E-state index is -0.647. The van der Waals surface area contributed by atoms with Gasteiger partial charge in [-0.25, -0.2) is 0 Å². The number of allylic oxidation sites excluding steroid dienone is 2. The Morgan fingerprint density at radius 3 is 2.20 bits per heavy atom. The molecule has 4 heteroatoms. The highest BCUT2D eigenvalue weighted by molar-refractivity contribution is 6.05. The van der Waals surface area contributed by atoms with Crippen LogP contribution in [0, 0.1) is 11.8 Å². The van der Waals surface area contributed by atoms with Crippen LogP contribution in [0.4, 0.5) is 0 Å². The smallest absolute Gasteiger partial charge is 0.233 e. The van der Waals surface area contributed by atoms with Gasteiger partial charge in [0.15, 0.2) is 0 Å². The first-order chi connectivity index (χ1) is 7.11. The number of carbonyl (C=O) groups excluding carboxylic acids is 2. The van der Waals surface area contributed by atoms with Crippen molar-refractivity contribution in [3.05, 3.63) is 12.2 Å². The molecule has 4 nitrogen and oxygen atoms in total. The maximum atomic E-state index is 11.8. The summed E-state index contributed by atoms with van der Waals surface area (Å²) in [7, 11) is 0. The number of imide groups is 1. The van der Waals surface area contributed by atoms with Crippen LogP contribution in [0.3, 0.4) is 0 Å². The molecule has 0 aromatic heterocycles. The van der Waals surface area contributed by atoms with Crippen LogP contribution < -0.4 is 0 Å². The van der Waals surface area contributed by atoms with Crippen LogP contribution in [0.25, 0.3) is 0 Å². The van der Waals surface area contributed by atoms with Crippen molar-refractivity contribution in [2.24, 2.45) is 11.8 Å². The molecular formula is C11H15NO3. The fraction of sp³-hybridized carbons (Fsp3) is 0.636. The zero-order chi connectivity index (χ0) is 11.0. The van der Waals surface area contributed by atoms with Crippen molar-refractivity contribution in [2.75, 3.05) is 6.54 Å². The monoisotopic (exact) mass is 209 g/mol. The molecule has 1 fully saturated rings. The SMILES string of the molecule is C[C@H](O)CN1C(=O)[C@H]2CC=CC[C@H]2C1=O. The maximum Gasteiger partial charge on any atom is 0.233 e. The van der Waals surface area contributed by atoms with E-state index in [0.717, 1.165) is 0 Å². The Bertz CT molecular complexity index is 296. The van der Waals surface area contributed by atoms with Crippen molar-refractivity contribution >= 4 is 11.8 Å². The topological polar surface area (TPSA) is 57.6 Å². The van der Waals surface area contributed by atoms with E-state index in [1.807, 2.05) is 12.2 Å². The number of aliphatic hydroxyl groups excluding tert-OH is 1. The number of nitrogens with zero attached hydrogens (tertiary/aromatic N) is 1. The summed E-state index contributed by atoms with van der Waals surface area (Å²) >= 11 is 0. The molecule has 15 heavy (non-hydrogen) atoms. The highest BCUT2D eigenvalue weighted by atomic mass is 16.3. The summed E-state index contributed by atoms with van der Waals surface area (Å²) in [5.74, 6) is -0.590. The van der Waals surface area contributed by atoms with E-state index in [1.165, 1.54) is 4.90 Å². The predicted octanol–water partition coefficient (Wildman–Crippen LogP) is 0.318. The van der Waals surface area contributed by atoms with Crippen LogP contribution in [-0.2, 0) is 9.59 Å². The van der Waals surface area contributed by atoms with E-state index < -0.39 is 6.10 Å². The fourth-order valence-corrected chi connectivity index (χ4v) is 2.31. The Morgan fingerprint density at radius 1 is 1.33 bits per heavy atom. The van der Waals surface area contributed by atoms with Gasteiger partial charge in [0.2, 0.25) is 11.8 Å². The molecule has 0 aromatic carbocycles. The Hall–Kier alpha value is -1.16. The first-order valence-corrected chi connectivity index (χ1v) is 5.29. The zero-order valence-corrected chi connectivity index (χ0v) is 8.72. The van der Waals surface area contributed by atoms with Gasteiger partial charge in [0.05, 0.1) is 24.5 Å². The van der Waals surface area contributed by atoms with Crippen molar-refractivity contribution < 1.29 is 14.7 Å². The summed E-state index contributed by atoms with van der Waals surface area (Å²) in [6, 6.07) is 0. The molecule has 2 rings (SSSR count). The van der Waals surface area contributed by atoms with Gasteiger partial charge >= 0.3 is 0 Å². The van der Waals surface area contributed by atoms with E-state index in [2.05, 4.69) is 0 Å². The lowest BCUT2D eigenvalue weighted by atomic mass is 9.85. The molecule has 2 amide bonds. The van der Waals surface area contributed by atoms with E-state index >= 15 is 0 Å². The number of amides is 2. The normalized spacial score (nSPS) is 32.0.